The first-order chi connectivity index (χ1) is 13.0. The SMILES string of the molecule is CC(C)c1cc2ccc3c(Br)cc(-c4ccc(Cl)cc4)c4ccc(c1)c2c34. The van der Waals surface area contributed by atoms with Crippen molar-refractivity contribution in [2.24, 2.45) is 0 Å². The van der Waals surface area contributed by atoms with Crippen molar-refractivity contribution in [2.75, 3.05) is 0 Å². The molecule has 0 aliphatic heterocycles. The summed E-state index contributed by atoms with van der Waals surface area (Å²) >= 11 is 9.92. The van der Waals surface area contributed by atoms with Gasteiger partial charge in [0, 0.05) is 9.50 Å². The summed E-state index contributed by atoms with van der Waals surface area (Å²) in [4.78, 5) is 0. The fraction of sp³-hybridized carbons (Fsp3) is 0.120. The predicted molar refractivity (Wildman–Crippen MR) is 122 cm³/mol. The van der Waals surface area contributed by atoms with E-state index in [0.717, 1.165) is 9.50 Å². The van der Waals surface area contributed by atoms with E-state index >= 15 is 0 Å². The number of halogens is 2. The molecular weight excluding hydrogens is 416 g/mol. The van der Waals surface area contributed by atoms with Crippen LogP contribution in [0.4, 0.5) is 0 Å². The van der Waals surface area contributed by atoms with Crippen molar-refractivity contribution >= 4 is 59.8 Å². The van der Waals surface area contributed by atoms with Crippen molar-refractivity contribution in [3.8, 4) is 11.1 Å². The molecule has 5 aromatic rings. The molecule has 27 heavy (non-hydrogen) atoms. The molecule has 5 rings (SSSR count). The van der Waals surface area contributed by atoms with Crippen LogP contribution in [0.5, 0.6) is 0 Å². The maximum atomic E-state index is 6.10. The minimum atomic E-state index is 0.517. The molecule has 0 spiro atoms. The Morgan fingerprint density at radius 1 is 0.741 bits per heavy atom. The number of rotatable bonds is 2. The lowest BCUT2D eigenvalue weighted by Crippen LogP contribution is -1.92. The standard InChI is InChI=1S/C25H18BrCl/c1-14(2)18-11-16-5-9-20-22(15-3-7-19(27)8-4-15)13-23(26)21-10-6-17(12-18)24(16)25(20)21/h3-14H,1-2H3. The Bertz CT molecular complexity index is 1280. The number of benzene rings is 5. The molecule has 0 atom stereocenters. The van der Waals surface area contributed by atoms with Gasteiger partial charge in [-0.05, 0) is 73.1 Å². The van der Waals surface area contributed by atoms with Gasteiger partial charge in [-0.25, -0.2) is 0 Å². The Balaban J connectivity index is 1.94. The maximum absolute atomic E-state index is 6.10. The van der Waals surface area contributed by atoms with Gasteiger partial charge in [0.25, 0.3) is 0 Å². The van der Waals surface area contributed by atoms with Crippen molar-refractivity contribution in [1.29, 1.82) is 0 Å². The Morgan fingerprint density at radius 3 is 2.00 bits per heavy atom. The van der Waals surface area contributed by atoms with Gasteiger partial charge in [0.05, 0.1) is 0 Å². The third-order valence-corrected chi connectivity index (χ3v) is 6.42. The van der Waals surface area contributed by atoms with E-state index in [4.69, 9.17) is 11.6 Å². The summed E-state index contributed by atoms with van der Waals surface area (Å²) in [5.41, 5.74) is 3.80. The summed E-state index contributed by atoms with van der Waals surface area (Å²) in [6.45, 7) is 4.50. The highest BCUT2D eigenvalue weighted by Crippen LogP contribution is 2.43. The van der Waals surface area contributed by atoms with Gasteiger partial charge in [0.2, 0.25) is 0 Å². The van der Waals surface area contributed by atoms with E-state index in [0.29, 0.717) is 5.92 Å². The normalized spacial score (nSPS) is 12.0. The first-order valence-corrected chi connectivity index (χ1v) is 10.4. The average molecular weight is 434 g/mol. The summed E-state index contributed by atoms with van der Waals surface area (Å²) in [5, 5.41) is 8.62. The third-order valence-electron chi connectivity index (χ3n) is 5.51. The van der Waals surface area contributed by atoms with Crippen molar-refractivity contribution in [1.82, 2.24) is 0 Å². The molecule has 0 fully saturated rings. The molecule has 0 aromatic heterocycles. The van der Waals surface area contributed by atoms with E-state index in [2.05, 4.69) is 84.4 Å². The molecule has 0 bridgehead atoms. The average Bonchev–Trinajstić information content (AvgIpc) is 2.67. The highest BCUT2D eigenvalue weighted by molar-refractivity contribution is 9.10. The minimum Gasteiger partial charge on any atom is -0.0843 e. The molecule has 2 heteroatoms. The van der Waals surface area contributed by atoms with E-state index in [9.17, 15) is 0 Å². The summed E-state index contributed by atoms with van der Waals surface area (Å²) < 4.78 is 1.13. The Hall–Kier alpha value is -2.09. The zero-order chi connectivity index (χ0) is 18.7. The van der Waals surface area contributed by atoms with Gasteiger partial charge in [0.1, 0.15) is 0 Å². The van der Waals surface area contributed by atoms with Gasteiger partial charge < -0.3 is 0 Å². The molecule has 5 aromatic carbocycles. The zero-order valence-corrected chi connectivity index (χ0v) is 17.5. The second-order valence-corrected chi connectivity index (χ2v) is 8.80. The summed E-state index contributed by atoms with van der Waals surface area (Å²) in [5.74, 6) is 0.517. The van der Waals surface area contributed by atoms with Crippen LogP contribution in [0.25, 0.3) is 43.4 Å². The molecule has 0 aliphatic carbocycles. The first-order valence-electron chi connectivity index (χ1n) is 9.20. The summed E-state index contributed by atoms with van der Waals surface area (Å²) in [7, 11) is 0. The van der Waals surface area contributed by atoms with Crippen molar-refractivity contribution in [3.63, 3.8) is 0 Å². The van der Waals surface area contributed by atoms with Gasteiger partial charge in [-0.15, -0.1) is 0 Å². The van der Waals surface area contributed by atoms with E-state index in [1.54, 1.807) is 0 Å². The Labute approximate surface area is 172 Å². The lowest BCUT2D eigenvalue weighted by Gasteiger charge is -2.17. The number of hydrogen-bond donors (Lipinski definition) is 0. The van der Waals surface area contributed by atoms with Crippen molar-refractivity contribution < 1.29 is 0 Å². The van der Waals surface area contributed by atoms with Crippen LogP contribution in [0, 0.1) is 0 Å². The number of hydrogen-bond acceptors (Lipinski definition) is 0. The van der Waals surface area contributed by atoms with E-state index in [-0.39, 0.29) is 0 Å². The maximum Gasteiger partial charge on any atom is 0.0406 e. The fourth-order valence-electron chi connectivity index (χ4n) is 4.10. The molecule has 0 heterocycles. The van der Waals surface area contributed by atoms with Crippen molar-refractivity contribution in [3.05, 3.63) is 81.8 Å². The summed E-state index contributed by atoms with van der Waals surface area (Å²) in [6, 6.07) is 24.0. The monoisotopic (exact) mass is 432 g/mol. The second kappa shape index (κ2) is 6.22. The van der Waals surface area contributed by atoms with Gasteiger partial charge >= 0.3 is 0 Å². The highest BCUT2D eigenvalue weighted by Gasteiger charge is 2.15. The topological polar surface area (TPSA) is 0 Å². The van der Waals surface area contributed by atoms with Crippen LogP contribution >= 0.6 is 27.5 Å². The molecule has 0 unspecified atom stereocenters. The zero-order valence-electron chi connectivity index (χ0n) is 15.2. The van der Waals surface area contributed by atoms with Gasteiger partial charge in [-0.1, -0.05) is 89.9 Å². The molecule has 0 saturated carbocycles. The minimum absolute atomic E-state index is 0.517. The van der Waals surface area contributed by atoms with Crippen molar-refractivity contribution in [2.45, 2.75) is 19.8 Å². The molecular formula is C25H18BrCl. The van der Waals surface area contributed by atoms with E-state index < -0.39 is 0 Å². The largest absolute Gasteiger partial charge is 0.0843 e. The molecule has 132 valence electrons. The first kappa shape index (κ1) is 17.0. The van der Waals surface area contributed by atoms with E-state index in [1.807, 2.05) is 12.1 Å². The quantitative estimate of drug-likeness (QED) is 0.244. The van der Waals surface area contributed by atoms with Crippen LogP contribution < -0.4 is 0 Å². The van der Waals surface area contributed by atoms with Crippen LogP contribution in [0.1, 0.15) is 25.3 Å². The third kappa shape index (κ3) is 2.64. The smallest absolute Gasteiger partial charge is 0.0406 e. The molecule has 0 amide bonds. The van der Waals surface area contributed by atoms with Gasteiger partial charge in [-0.2, -0.15) is 0 Å². The lowest BCUT2D eigenvalue weighted by molar-refractivity contribution is 0.870. The predicted octanol–water partition coefficient (Wildman–Crippen LogP) is 8.79. The molecule has 0 saturated heterocycles. The molecule has 0 nitrogen and oxygen atoms in total. The van der Waals surface area contributed by atoms with Crippen LogP contribution in [0.15, 0.2) is 71.2 Å². The second-order valence-electron chi connectivity index (χ2n) is 7.51. The Kier molecular flexibility index (Phi) is 3.93. The van der Waals surface area contributed by atoms with Crippen LogP contribution in [-0.2, 0) is 0 Å². The fourth-order valence-corrected chi connectivity index (χ4v) is 4.78. The van der Waals surface area contributed by atoms with E-state index in [1.165, 1.54) is 49.0 Å². The van der Waals surface area contributed by atoms with Gasteiger partial charge in [-0.3, -0.25) is 0 Å². The van der Waals surface area contributed by atoms with Crippen LogP contribution in [-0.4, -0.2) is 0 Å². The molecule has 0 aliphatic rings. The summed E-state index contributed by atoms with van der Waals surface area (Å²) in [6.07, 6.45) is 0. The van der Waals surface area contributed by atoms with Crippen LogP contribution in [0.2, 0.25) is 5.02 Å². The highest BCUT2D eigenvalue weighted by atomic mass is 79.9. The lowest BCUT2D eigenvalue weighted by atomic mass is 9.88. The van der Waals surface area contributed by atoms with Crippen LogP contribution in [0.3, 0.4) is 0 Å². The molecule has 0 radical (unpaired) electrons. The van der Waals surface area contributed by atoms with Gasteiger partial charge in [0.15, 0.2) is 0 Å². The Morgan fingerprint density at radius 2 is 1.37 bits per heavy atom. The molecule has 0 N–H and O–H groups in total.